The van der Waals surface area contributed by atoms with Gasteiger partial charge in [0.15, 0.2) is 0 Å². The molecule has 0 saturated carbocycles. The molecule has 1 aliphatic carbocycles. The van der Waals surface area contributed by atoms with Crippen molar-refractivity contribution in [3.8, 4) is 11.1 Å². The average molecular weight is 230 g/mol. The highest BCUT2D eigenvalue weighted by Crippen LogP contribution is 2.40. The standard InChI is InChI=1S/C18H14/c1-12-5-2-8-14-11-15-9-3-6-13-7-4-10-16(17(12)14)18(13)15/h2-10H,11H2,1H3. The van der Waals surface area contributed by atoms with Crippen molar-refractivity contribution < 1.29 is 0 Å². The summed E-state index contributed by atoms with van der Waals surface area (Å²) >= 11 is 0. The fourth-order valence-electron chi connectivity index (χ4n) is 3.24. The Balaban J connectivity index is 2.22. The number of benzene rings is 3. The normalized spacial score (nSPS) is 12.5. The number of aryl methyl sites for hydroxylation is 1. The second-order valence-electron chi connectivity index (χ2n) is 5.11. The zero-order valence-corrected chi connectivity index (χ0v) is 10.4. The minimum Gasteiger partial charge on any atom is -0.0617 e. The van der Waals surface area contributed by atoms with E-state index in [9.17, 15) is 0 Å². The number of rotatable bonds is 0. The Bertz CT molecular complexity index is 761. The Morgan fingerprint density at radius 1 is 0.778 bits per heavy atom. The first-order valence-corrected chi connectivity index (χ1v) is 6.44. The van der Waals surface area contributed by atoms with Crippen molar-refractivity contribution in [1.29, 1.82) is 0 Å². The van der Waals surface area contributed by atoms with Gasteiger partial charge in [0.25, 0.3) is 0 Å². The van der Waals surface area contributed by atoms with Gasteiger partial charge in [-0.05, 0) is 51.9 Å². The maximum Gasteiger partial charge on any atom is -0.00131 e. The first kappa shape index (κ1) is 9.90. The maximum atomic E-state index is 2.26. The van der Waals surface area contributed by atoms with Crippen LogP contribution in [0.5, 0.6) is 0 Å². The predicted octanol–water partition coefficient (Wildman–Crippen LogP) is 4.72. The van der Waals surface area contributed by atoms with Crippen LogP contribution < -0.4 is 0 Å². The molecule has 0 atom stereocenters. The summed E-state index contributed by atoms with van der Waals surface area (Å²) in [5.41, 5.74) is 7.15. The van der Waals surface area contributed by atoms with E-state index in [4.69, 9.17) is 0 Å². The highest BCUT2D eigenvalue weighted by atomic mass is 14.2. The van der Waals surface area contributed by atoms with Gasteiger partial charge in [-0.3, -0.25) is 0 Å². The summed E-state index contributed by atoms with van der Waals surface area (Å²) in [5, 5.41) is 2.81. The Morgan fingerprint density at radius 3 is 2.39 bits per heavy atom. The summed E-state index contributed by atoms with van der Waals surface area (Å²) < 4.78 is 0. The number of hydrogen-bond donors (Lipinski definition) is 0. The topological polar surface area (TPSA) is 0 Å². The highest BCUT2D eigenvalue weighted by molar-refractivity contribution is 6.02. The molecular formula is C18H14. The maximum absolute atomic E-state index is 2.26. The molecule has 1 aliphatic rings. The van der Waals surface area contributed by atoms with E-state index in [1.165, 1.54) is 38.6 Å². The molecule has 0 saturated heterocycles. The summed E-state index contributed by atoms with van der Waals surface area (Å²) in [5.74, 6) is 0. The lowest BCUT2D eigenvalue weighted by Gasteiger charge is -2.22. The third-order valence-corrected chi connectivity index (χ3v) is 4.00. The van der Waals surface area contributed by atoms with Crippen LogP contribution in [-0.2, 0) is 6.42 Å². The third-order valence-electron chi connectivity index (χ3n) is 4.00. The van der Waals surface area contributed by atoms with Crippen LogP contribution in [0, 0.1) is 6.92 Å². The predicted molar refractivity (Wildman–Crippen MR) is 76.9 cm³/mol. The SMILES string of the molecule is Cc1cccc2c1-c1cccc3cccc(c13)C2. The molecule has 0 amide bonds. The summed E-state index contributed by atoms with van der Waals surface area (Å²) in [7, 11) is 0. The van der Waals surface area contributed by atoms with Crippen LogP contribution in [0.4, 0.5) is 0 Å². The molecule has 3 aromatic carbocycles. The van der Waals surface area contributed by atoms with Gasteiger partial charge in [-0.25, -0.2) is 0 Å². The van der Waals surface area contributed by atoms with Gasteiger partial charge in [-0.15, -0.1) is 0 Å². The smallest absolute Gasteiger partial charge is 0.00131 e. The molecule has 0 heteroatoms. The number of hydrogen-bond acceptors (Lipinski definition) is 0. The van der Waals surface area contributed by atoms with Gasteiger partial charge in [-0.1, -0.05) is 54.6 Å². The lowest BCUT2D eigenvalue weighted by Crippen LogP contribution is -2.02. The molecule has 0 spiro atoms. The molecule has 18 heavy (non-hydrogen) atoms. The molecule has 0 heterocycles. The van der Waals surface area contributed by atoms with Gasteiger partial charge in [0.05, 0.1) is 0 Å². The van der Waals surface area contributed by atoms with Crippen LogP contribution in [0.1, 0.15) is 16.7 Å². The summed E-state index contributed by atoms with van der Waals surface area (Å²) in [6.45, 7) is 2.21. The van der Waals surface area contributed by atoms with Crippen molar-refractivity contribution in [1.82, 2.24) is 0 Å². The van der Waals surface area contributed by atoms with Crippen LogP contribution in [0.15, 0.2) is 54.6 Å². The van der Waals surface area contributed by atoms with Gasteiger partial charge in [0.2, 0.25) is 0 Å². The van der Waals surface area contributed by atoms with Crippen molar-refractivity contribution in [2.75, 3.05) is 0 Å². The Hall–Kier alpha value is -2.08. The molecule has 0 nitrogen and oxygen atoms in total. The van der Waals surface area contributed by atoms with Crippen molar-refractivity contribution in [2.24, 2.45) is 0 Å². The van der Waals surface area contributed by atoms with Crippen molar-refractivity contribution in [2.45, 2.75) is 13.3 Å². The van der Waals surface area contributed by atoms with Gasteiger partial charge in [-0.2, -0.15) is 0 Å². The van der Waals surface area contributed by atoms with Crippen molar-refractivity contribution in [3.63, 3.8) is 0 Å². The minimum absolute atomic E-state index is 1.06. The van der Waals surface area contributed by atoms with Crippen LogP contribution in [0.2, 0.25) is 0 Å². The zero-order chi connectivity index (χ0) is 12.1. The van der Waals surface area contributed by atoms with E-state index < -0.39 is 0 Å². The van der Waals surface area contributed by atoms with Gasteiger partial charge >= 0.3 is 0 Å². The molecule has 0 N–H and O–H groups in total. The van der Waals surface area contributed by atoms with Crippen molar-refractivity contribution >= 4 is 10.8 Å². The van der Waals surface area contributed by atoms with E-state index >= 15 is 0 Å². The van der Waals surface area contributed by atoms with Crippen LogP contribution in [0.3, 0.4) is 0 Å². The zero-order valence-electron chi connectivity index (χ0n) is 10.4. The molecule has 0 unspecified atom stereocenters. The quantitative estimate of drug-likeness (QED) is 0.410. The molecule has 3 aromatic rings. The van der Waals surface area contributed by atoms with Gasteiger partial charge < -0.3 is 0 Å². The van der Waals surface area contributed by atoms with E-state index in [2.05, 4.69) is 61.5 Å². The molecule has 0 aliphatic heterocycles. The van der Waals surface area contributed by atoms with E-state index in [1.54, 1.807) is 0 Å². The lowest BCUT2D eigenvalue weighted by atomic mass is 9.82. The molecule has 0 fully saturated rings. The van der Waals surface area contributed by atoms with Crippen LogP contribution in [-0.4, -0.2) is 0 Å². The first-order valence-electron chi connectivity index (χ1n) is 6.44. The fourth-order valence-corrected chi connectivity index (χ4v) is 3.24. The van der Waals surface area contributed by atoms with E-state index in [-0.39, 0.29) is 0 Å². The van der Waals surface area contributed by atoms with E-state index in [0.29, 0.717) is 0 Å². The monoisotopic (exact) mass is 230 g/mol. The molecule has 86 valence electrons. The molecule has 0 bridgehead atoms. The largest absolute Gasteiger partial charge is 0.0617 e. The van der Waals surface area contributed by atoms with E-state index in [0.717, 1.165) is 6.42 Å². The van der Waals surface area contributed by atoms with Gasteiger partial charge in [0.1, 0.15) is 0 Å². The summed E-state index contributed by atoms with van der Waals surface area (Å²) in [4.78, 5) is 0. The summed E-state index contributed by atoms with van der Waals surface area (Å²) in [6, 6.07) is 19.9. The van der Waals surface area contributed by atoms with Crippen molar-refractivity contribution in [3.05, 3.63) is 71.3 Å². The Morgan fingerprint density at radius 2 is 1.50 bits per heavy atom. The van der Waals surface area contributed by atoms with E-state index in [1.807, 2.05) is 0 Å². The van der Waals surface area contributed by atoms with Crippen LogP contribution in [0.25, 0.3) is 21.9 Å². The average Bonchev–Trinajstić information content (AvgIpc) is 2.39. The number of fused-ring (bicyclic) bond motifs is 2. The molecule has 0 aromatic heterocycles. The van der Waals surface area contributed by atoms with Crippen LogP contribution >= 0.6 is 0 Å². The Kier molecular flexibility index (Phi) is 1.90. The summed E-state index contributed by atoms with van der Waals surface area (Å²) in [6.07, 6.45) is 1.06. The second-order valence-corrected chi connectivity index (χ2v) is 5.11. The second kappa shape index (κ2) is 3.46. The third kappa shape index (κ3) is 1.20. The molecule has 4 rings (SSSR count). The highest BCUT2D eigenvalue weighted by Gasteiger charge is 2.18. The molecular weight excluding hydrogens is 216 g/mol. The minimum atomic E-state index is 1.06. The Labute approximate surface area is 107 Å². The first-order chi connectivity index (χ1) is 8.84. The fraction of sp³-hybridized carbons (Fsp3) is 0.111. The molecule has 0 radical (unpaired) electrons. The van der Waals surface area contributed by atoms with Gasteiger partial charge in [0, 0.05) is 0 Å². The lowest BCUT2D eigenvalue weighted by molar-refractivity contribution is 1.18.